The van der Waals surface area contributed by atoms with E-state index in [0.29, 0.717) is 5.82 Å². The third-order valence-electron chi connectivity index (χ3n) is 4.47. The Kier molecular flexibility index (Phi) is 4.76. The van der Waals surface area contributed by atoms with Crippen LogP contribution >= 0.6 is 0 Å². The Hall–Kier alpha value is -1.70. The van der Waals surface area contributed by atoms with E-state index >= 15 is 0 Å². The van der Waals surface area contributed by atoms with Crippen molar-refractivity contribution in [3.05, 3.63) is 47.4 Å². The minimum atomic E-state index is -3.75. The number of nitrogens with zero attached hydrogens (tertiary/aromatic N) is 2. The van der Waals surface area contributed by atoms with Crippen molar-refractivity contribution in [1.82, 2.24) is 14.3 Å². The molecule has 0 fully saturated rings. The van der Waals surface area contributed by atoms with Crippen LogP contribution in [0.2, 0.25) is 0 Å². The number of H-pyrrole nitrogens is 1. The Bertz CT molecular complexity index is 814. The minimum absolute atomic E-state index is 0.0668. The van der Waals surface area contributed by atoms with Gasteiger partial charge in [0.05, 0.1) is 18.8 Å². The Morgan fingerprint density at radius 2 is 2.12 bits per heavy atom. The molecule has 1 aliphatic carbocycles. The van der Waals surface area contributed by atoms with Crippen LogP contribution in [0.3, 0.4) is 0 Å². The summed E-state index contributed by atoms with van der Waals surface area (Å²) in [7, 11) is -3.75. The number of aromatic nitrogens is 2. The molecule has 1 aromatic heterocycles. The Morgan fingerprint density at radius 1 is 1.38 bits per heavy atom. The standard InChI is InChI=1S/C17H23N3O3S/c1-12(2)17-18-11-16(19-17)24(22,23)20(9-10-21)15-8-7-13-5-3-4-6-14(13)15/h3-6,11-12,15,21H,7-10H2,1-2H3,(H,18,19)/t15-/m0/s1. The van der Waals surface area contributed by atoms with Crippen LogP contribution < -0.4 is 0 Å². The van der Waals surface area contributed by atoms with Gasteiger partial charge in [-0.3, -0.25) is 0 Å². The third kappa shape index (κ3) is 2.99. The predicted molar refractivity (Wildman–Crippen MR) is 91.2 cm³/mol. The molecule has 0 bridgehead atoms. The highest BCUT2D eigenvalue weighted by Crippen LogP contribution is 2.38. The van der Waals surface area contributed by atoms with Gasteiger partial charge < -0.3 is 10.1 Å². The molecule has 3 rings (SSSR count). The lowest BCUT2D eigenvalue weighted by atomic mass is 10.1. The molecule has 2 N–H and O–H groups in total. The first kappa shape index (κ1) is 17.1. The second kappa shape index (κ2) is 6.66. The third-order valence-corrected chi connectivity index (χ3v) is 6.29. The smallest absolute Gasteiger partial charge is 0.260 e. The highest BCUT2D eigenvalue weighted by atomic mass is 32.2. The molecule has 1 atom stereocenters. The lowest BCUT2D eigenvalue weighted by Crippen LogP contribution is -2.36. The molecule has 0 spiro atoms. The van der Waals surface area contributed by atoms with Gasteiger partial charge in [-0.2, -0.15) is 4.31 Å². The van der Waals surface area contributed by atoms with Crippen molar-refractivity contribution in [3.63, 3.8) is 0 Å². The quantitative estimate of drug-likeness (QED) is 0.837. The molecule has 24 heavy (non-hydrogen) atoms. The SMILES string of the molecule is CC(C)c1ncc(S(=O)(=O)N(CCO)[C@H]2CCc3ccccc32)[nH]1. The second-order valence-corrected chi connectivity index (χ2v) is 8.24. The molecule has 2 aromatic rings. The zero-order valence-corrected chi connectivity index (χ0v) is 14.8. The van der Waals surface area contributed by atoms with Crippen molar-refractivity contribution < 1.29 is 13.5 Å². The summed E-state index contributed by atoms with van der Waals surface area (Å²) in [6.07, 6.45) is 2.94. The highest BCUT2D eigenvalue weighted by Gasteiger charge is 2.36. The van der Waals surface area contributed by atoms with Gasteiger partial charge in [-0.15, -0.1) is 0 Å². The monoisotopic (exact) mass is 349 g/mol. The number of hydrogen-bond acceptors (Lipinski definition) is 4. The van der Waals surface area contributed by atoms with Crippen molar-refractivity contribution in [2.45, 2.75) is 43.7 Å². The minimum Gasteiger partial charge on any atom is -0.395 e. The van der Waals surface area contributed by atoms with Crippen LogP contribution in [-0.4, -0.2) is 40.9 Å². The van der Waals surface area contributed by atoms with Gasteiger partial charge in [-0.1, -0.05) is 38.1 Å². The van der Waals surface area contributed by atoms with Gasteiger partial charge >= 0.3 is 0 Å². The van der Waals surface area contributed by atoms with Crippen LogP contribution in [0, 0.1) is 0 Å². The van der Waals surface area contributed by atoms with Crippen LogP contribution in [-0.2, 0) is 16.4 Å². The molecule has 6 nitrogen and oxygen atoms in total. The Morgan fingerprint density at radius 3 is 2.79 bits per heavy atom. The molecule has 130 valence electrons. The van der Waals surface area contributed by atoms with E-state index in [2.05, 4.69) is 9.97 Å². The van der Waals surface area contributed by atoms with E-state index in [1.54, 1.807) is 0 Å². The summed E-state index contributed by atoms with van der Waals surface area (Å²) >= 11 is 0. The van der Waals surface area contributed by atoms with Crippen molar-refractivity contribution >= 4 is 10.0 Å². The molecule has 0 saturated carbocycles. The number of hydrogen-bond donors (Lipinski definition) is 2. The number of nitrogens with one attached hydrogen (secondary N) is 1. The zero-order chi connectivity index (χ0) is 17.3. The molecule has 0 aliphatic heterocycles. The van der Waals surface area contributed by atoms with Gasteiger partial charge in [0.25, 0.3) is 10.0 Å². The average Bonchev–Trinajstić information content (AvgIpc) is 3.20. The summed E-state index contributed by atoms with van der Waals surface area (Å²) in [6, 6.07) is 7.65. The molecule has 0 radical (unpaired) electrons. The maximum atomic E-state index is 13.1. The molecular weight excluding hydrogens is 326 g/mol. The topological polar surface area (TPSA) is 86.3 Å². The predicted octanol–water partition coefficient (Wildman–Crippen LogP) is 2.20. The fraction of sp³-hybridized carbons (Fsp3) is 0.471. The number of benzene rings is 1. The number of fused-ring (bicyclic) bond motifs is 1. The van der Waals surface area contributed by atoms with Gasteiger partial charge in [-0.25, -0.2) is 13.4 Å². The number of aliphatic hydroxyl groups is 1. The Balaban J connectivity index is 1.98. The van der Waals surface area contributed by atoms with Crippen LogP contribution in [0.15, 0.2) is 35.5 Å². The van der Waals surface area contributed by atoms with Crippen molar-refractivity contribution in [3.8, 4) is 0 Å². The van der Waals surface area contributed by atoms with E-state index < -0.39 is 10.0 Å². The van der Waals surface area contributed by atoms with E-state index in [0.717, 1.165) is 18.4 Å². The average molecular weight is 349 g/mol. The van der Waals surface area contributed by atoms with Gasteiger partial charge in [0, 0.05) is 12.5 Å². The molecule has 1 aliphatic rings. The summed E-state index contributed by atoms with van der Waals surface area (Å²) in [4.78, 5) is 7.09. The van der Waals surface area contributed by atoms with E-state index in [1.165, 1.54) is 16.1 Å². The van der Waals surface area contributed by atoms with Crippen LogP contribution in [0.1, 0.15) is 49.2 Å². The fourth-order valence-electron chi connectivity index (χ4n) is 3.25. The van der Waals surface area contributed by atoms with Gasteiger partial charge in [-0.05, 0) is 24.0 Å². The zero-order valence-electron chi connectivity index (χ0n) is 13.9. The van der Waals surface area contributed by atoms with Crippen molar-refractivity contribution in [2.24, 2.45) is 0 Å². The molecule has 0 amide bonds. The highest BCUT2D eigenvalue weighted by molar-refractivity contribution is 7.89. The summed E-state index contributed by atoms with van der Waals surface area (Å²) in [5.41, 5.74) is 2.20. The maximum absolute atomic E-state index is 13.1. The van der Waals surface area contributed by atoms with Crippen LogP contribution in [0.4, 0.5) is 0 Å². The first-order valence-electron chi connectivity index (χ1n) is 8.20. The first-order chi connectivity index (χ1) is 11.4. The summed E-state index contributed by atoms with van der Waals surface area (Å²) in [5.74, 6) is 0.761. The largest absolute Gasteiger partial charge is 0.395 e. The molecular formula is C17H23N3O3S. The second-order valence-electron chi connectivity index (χ2n) is 6.38. The van der Waals surface area contributed by atoms with Crippen molar-refractivity contribution in [2.75, 3.05) is 13.2 Å². The molecule has 0 saturated heterocycles. The van der Waals surface area contributed by atoms with E-state index in [4.69, 9.17) is 0 Å². The lowest BCUT2D eigenvalue weighted by molar-refractivity contribution is 0.225. The molecule has 1 heterocycles. The fourth-order valence-corrected chi connectivity index (χ4v) is 4.79. The summed E-state index contributed by atoms with van der Waals surface area (Å²) in [5, 5.41) is 9.50. The van der Waals surface area contributed by atoms with Crippen LogP contribution in [0.25, 0.3) is 0 Å². The number of sulfonamides is 1. The van der Waals surface area contributed by atoms with Crippen LogP contribution in [0.5, 0.6) is 0 Å². The van der Waals surface area contributed by atoms with E-state index in [1.807, 2.05) is 38.1 Å². The van der Waals surface area contributed by atoms with E-state index in [9.17, 15) is 13.5 Å². The summed E-state index contributed by atoms with van der Waals surface area (Å²) < 4.78 is 27.6. The van der Waals surface area contributed by atoms with Gasteiger partial charge in [0.15, 0.2) is 5.03 Å². The number of rotatable bonds is 6. The molecule has 7 heteroatoms. The Labute approximate surface area is 142 Å². The normalized spacial score (nSPS) is 17.6. The van der Waals surface area contributed by atoms with Gasteiger partial charge in [0.1, 0.15) is 5.82 Å². The molecule has 0 unspecified atom stereocenters. The van der Waals surface area contributed by atoms with Crippen molar-refractivity contribution in [1.29, 1.82) is 0 Å². The number of aromatic amines is 1. The van der Waals surface area contributed by atoms with Gasteiger partial charge in [0.2, 0.25) is 0 Å². The lowest BCUT2D eigenvalue weighted by Gasteiger charge is -2.27. The summed E-state index contributed by atoms with van der Waals surface area (Å²) in [6.45, 7) is 3.75. The first-order valence-corrected chi connectivity index (χ1v) is 9.64. The number of imidazole rings is 1. The number of aliphatic hydroxyl groups excluding tert-OH is 1. The number of aryl methyl sites for hydroxylation is 1. The van der Waals surface area contributed by atoms with E-state index in [-0.39, 0.29) is 30.1 Å². The molecule has 1 aromatic carbocycles. The maximum Gasteiger partial charge on any atom is 0.260 e.